The maximum absolute atomic E-state index is 12.5. The van der Waals surface area contributed by atoms with Gasteiger partial charge in [-0.1, -0.05) is 16.8 Å². The molecule has 0 aliphatic carbocycles. The lowest BCUT2D eigenvalue weighted by Gasteiger charge is -2.14. The lowest BCUT2D eigenvalue weighted by atomic mass is 10.1. The minimum Gasteiger partial charge on any atom is -0.496 e. The van der Waals surface area contributed by atoms with Crippen molar-refractivity contribution in [3.8, 4) is 34.4 Å². The smallest absolute Gasteiger partial charge is 0.316 e. The average Bonchev–Trinajstić information content (AvgIpc) is 3.35. The monoisotopic (exact) mass is 490 g/mol. The quantitative estimate of drug-likeness (QED) is 0.411. The first-order valence-electron chi connectivity index (χ1n) is 9.95. The number of hydrogen-bond donors (Lipinski definition) is 2. The van der Waals surface area contributed by atoms with Crippen LogP contribution in [0, 0.1) is 0 Å². The van der Waals surface area contributed by atoms with Gasteiger partial charge in [-0.2, -0.15) is 4.98 Å². The number of carbonyl (C=O) groups is 2. The second-order valence-corrected chi connectivity index (χ2v) is 7.13. The highest BCUT2D eigenvalue weighted by molar-refractivity contribution is 6.30. The second-order valence-electron chi connectivity index (χ2n) is 6.69. The van der Waals surface area contributed by atoms with E-state index in [9.17, 15) is 9.59 Å². The molecule has 2 aromatic carbocycles. The van der Waals surface area contributed by atoms with E-state index in [0.29, 0.717) is 39.1 Å². The molecule has 0 aliphatic heterocycles. The van der Waals surface area contributed by atoms with Gasteiger partial charge < -0.3 is 34.1 Å². The third-order valence-electron chi connectivity index (χ3n) is 4.65. The summed E-state index contributed by atoms with van der Waals surface area (Å²) in [5, 5.41) is 9.56. The molecular weight excluding hydrogens is 468 g/mol. The number of rotatable bonds is 10. The summed E-state index contributed by atoms with van der Waals surface area (Å²) in [5.41, 5.74) is 0.785. The zero-order valence-electron chi connectivity index (χ0n) is 18.9. The Hall–Kier alpha value is -3.99. The Morgan fingerprint density at radius 1 is 0.882 bits per heavy atom. The molecule has 2 N–H and O–H groups in total. The summed E-state index contributed by atoms with van der Waals surface area (Å²) in [6, 6.07) is 7.97. The van der Waals surface area contributed by atoms with Gasteiger partial charge in [0.05, 0.1) is 34.0 Å². The Bertz CT molecular complexity index is 1160. The van der Waals surface area contributed by atoms with Crippen molar-refractivity contribution in [1.29, 1.82) is 0 Å². The van der Waals surface area contributed by atoms with Gasteiger partial charge in [0, 0.05) is 23.7 Å². The van der Waals surface area contributed by atoms with Crippen molar-refractivity contribution in [2.45, 2.75) is 0 Å². The summed E-state index contributed by atoms with van der Waals surface area (Å²) < 4.78 is 26.0. The Kier molecular flexibility index (Phi) is 8.14. The van der Waals surface area contributed by atoms with Gasteiger partial charge in [-0.05, 0) is 30.3 Å². The van der Waals surface area contributed by atoms with Crippen LogP contribution in [-0.2, 0) is 0 Å². The number of methoxy groups -OCH3 is 4. The van der Waals surface area contributed by atoms with E-state index in [1.807, 2.05) is 0 Å². The van der Waals surface area contributed by atoms with E-state index in [1.165, 1.54) is 40.6 Å². The first-order valence-corrected chi connectivity index (χ1v) is 10.3. The molecule has 34 heavy (non-hydrogen) atoms. The maximum Gasteiger partial charge on any atom is 0.316 e. The molecule has 0 saturated carbocycles. The van der Waals surface area contributed by atoms with Crippen LogP contribution in [0.4, 0.5) is 0 Å². The Labute approximate surface area is 200 Å². The molecular formula is C22H23ClN4O7. The van der Waals surface area contributed by atoms with Crippen molar-refractivity contribution in [2.24, 2.45) is 0 Å². The van der Waals surface area contributed by atoms with Gasteiger partial charge in [0.15, 0.2) is 11.5 Å². The van der Waals surface area contributed by atoms with E-state index in [-0.39, 0.29) is 30.7 Å². The molecule has 0 bridgehead atoms. The van der Waals surface area contributed by atoms with Gasteiger partial charge in [0.2, 0.25) is 11.6 Å². The molecule has 0 fully saturated rings. The normalized spacial score (nSPS) is 10.4. The van der Waals surface area contributed by atoms with E-state index < -0.39 is 5.91 Å². The van der Waals surface area contributed by atoms with Gasteiger partial charge >= 0.3 is 11.8 Å². The number of nitrogens with zero attached hydrogens (tertiary/aromatic N) is 2. The van der Waals surface area contributed by atoms with Crippen LogP contribution >= 0.6 is 11.6 Å². The fourth-order valence-corrected chi connectivity index (χ4v) is 3.19. The molecule has 0 saturated heterocycles. The van der Waals surface area contributed by atoms with Gasteiger partial charge in [0.1, 0.15) is 5.75 Å². The van der Waals surface area contributed by atoms with Crippen LogP contribution in [0.1, 0.15) is 21.0 Å². The van der Waals surface area contributed by atoms with Crippen LogP contribution < -0.4 is 29.6 Å². The molecule has 1 heterocycles. The Morgan fingerprint density at radius 3 is 2.09 bits per heavy atom. The standard InChI is InChI=1S/C22H23ClN4O7/c1-30-15-6-5-13(23)11-14(15)19-26-22(34-27-19)21(29)25-8-7-24-20(28)12-9-16(31-2)18(33-4)17(10-12)32-3/h5-6,9-11H,7-8H2,1-4H3,(H,24,28)(H,25,29). The van der Waals surface area contributed by atoms with E-state index >= 15 is 0 Å². The maximum atomic E-state index is 12.5. The Morgan fingerprint density at radius 2 is 1.50 bits per heavy atom. The van der Waals surface area contributed by atoms with Crippen molar-refractivity contribution in [3.05, 3.63) is 46.8 Å². The first kappa shape index (κ1) is 24.6. The van der Waals surface area contributed by atoms with Crippen LogP contribution in [0.15, 0.2) is 34.9 Å². The fraction of sp³-hybridized carbons (Fsp3) is 0.273. The molecule has 0 aliphatic rings. The molecule has 0 atom stereocenters. The minimum atomic E-state index is -0.596. The number of benzene rings is 2. The largest absolute Gasteiger partial charge is 0.496 e. The molecule has 11 nitrogen and oxygen atoms in total. The van der Waals surface area contributed by atoms with Gasteiger partial charge in [-0.25, -0.2) is 0 Å². The van der Waals surface area contributed by atoms with E-state index in [0.717, 1.165) is 0 Å². The number of halogens is 1. The summed E-state index contributed by atoms with van der Waals surface area (Å²) in [6.07, 6.45) is 0. The lowest BCUT2D eigenvalue weighted by molar-refractivity contribution is 0.0898. The zero-order chi connectivity index (χ0) is 24.7. The number of hydrogen-bond acceptors (Lipinski definition) is 9. The molecule has 2 amide bonds. The summed E-state index contributed by atoms with van der Waals surface area (Å²) in [5.74, 6) is 0.485. The van der Waals surface area contributed by atoms with Crippen LogP contribution in [-0.4, -0.2) is 63.5 Å². The van der Waals surface area contributed by atoms with Crippen molar-refractivity contribution < 1.29 is 33.1 Å². The molecule has 0 radical (unpaired) electrons. The van der Waals surface area contributed by atoms with Crippen LogP contribution in [0.3, 0.4) is 0 Å². The van der Waals surface area contributed by atoms with Gasteiger partial charge in [-0.15, -0.1) is 0 Å². The van der Waals surface area contributed by atoms with Gasteiger partial charge in [-0.3, -0.25) is 9.59 Å². The molecule has 180 valence electrons. The fourth-order valence-electron chi connectivity index (χ4n) is 3.02. The SMILES string of the molecule is COc1ccc(Cl)cc1-c1noc(C(=O)NCCNC(=O)c2cc(OC)c(OC)c(OC)c2)n1. The van der Waals surface area contributed by atoms with Crippen LogP contribution in [0.2, 0.25) is 5.02 Å². The number of carbonyl (C=O) groups excluding carboxylic acids is 2. The van der Waals surface area contributed by atoms with E-state index in [4.69, 9.17) is 35.1 Å². The highest BCUT2D eigenvalue weighted by Crippen LogP contribution is 2.38. The highest BCUT2D eigenvalue weighted by Gasteiger charge is 2.19. The van der Waals surface area contributed by atoms with Crippen molar-refractivity contribution in [2.75, 3.05) is 41.5 Å². The van der Waals surface area contributed by atoms with Crippen molar-refractivity contribution in [1.82, 2.24) is 20.8 Å². The highest BCUT2D eigenvalue weighted by atomic mass is 35.5. The van der Waals surface area contributed by atoms with Crippen LogP contribution in [0.5, 0.6) is 23.0 Å². The third-order valence-corrected chi connectivity index (χ3v) is 4.88. The van der Waals surface area contributed by atoms with Crippen molar-refractivity contribution >= 4 is 23.4 Å². The minimum absolute atomic E-state index is 0.118. The summed E-state index contributed by atoms with van der Waals surface area (Å²) in [6.45, 7) is 0.261. The van der Waals surface area contributed by atoms with E-state index in [2.05, 4.69) is 20.8 Å². The first-order chi connectivity index (χ1) is 16.4. The summed E-state index contributed by atoms with van der Waals surface area (Å²) in [7, 11) is 5.88. The van der Waals surface area contributed by atoms with Gasteiger partial charge in [0.25, 0.3) is 5.91 Å². The molecule has 0 unspecified atom stereocenters. The molecule has 0 spiro atoms. The molecule has 12 heteroatoms. The number of nitrogens with one attached hydrogen (secondary N) is 2. The molecule has 1 aromatic heterocycles. The zero-order valence-corrected chi connectivity index (χ0v) is 19.7. The summed E-state index contributed by atoms with van der Waals surface area (Å²) >= 11 is 6.02. The molecule has 3 rings (SSSR count). The van der Waals surface area contributed by atoms with Crippen LogP contribution in [0.25, 0.3) is 11.4 Å². The summed E-state index contributed by atoms with van der Waals surface area (Å²) in [4.78, 5) is 28.9. The number of amides is 2. The average molecular weight is 491 g/mol. The van der Waals surface area contributed by atoms with Crippen molar-refractivity contribution in [3.63, 3.8) is 0 Å². The Balaban J connectivity index is 1.57. The predicted octanol–water partition coefficient (Wildman–Crippen LogP) is 2.58. The molecule has 3 aromatic rings. The second kappa shape index (κ2) is 11.2. The lowest BCUT2D eigenvalue weighted by Crippen LogP contribution is -2.34. The third kappa shape index (κ3) is 5.49. The predicted molar refractivity (Wildman–Crippen MR) is 122 cm³/mol. The topological polar surface area (TPSA) is 134 Å². The number of aromatic nitrogens is 2. The van der Waals surface area contributed by atoms with E-state index in [1.54, 1.807) is 18.2 Å². The number of ether oxygens (including phenoxy) is 4.